The van der Waals surface area contributed by atoms with Crippen molar-refractivity contribution in [2.24, 2.45) is 28.6 Å². The molecule has 0 aromatic carbocycles. The topological polar surface area (TPSA) is 26.3 Å². The molecule has 3 aliphatic carbocycles. The van der Waals surface area contributed by atoms with E-state index in [0.29, 0.717) is 17.3 Å². The minimum Gasteiger partial charge on any atom is -0.458 e. The van der Waals surface area contributed by atoms with Crippen LogP contribution in [0.5, 0.6) is 0 Å². The summed E-state index contributed by atoms with van der Waals surface area (Å²) in [5.41, 5.74) is 0.0758. The SMILES string of the molecule is CCC(C)(C)C(=O)OC1(C(C)C)CC23CC2CC1C3. The van der Waals surface area contributed by atoms with Gasteiger partial charge in [0.05, 0.1) is 5.41 Å². The van der Waals surface area contributed by atoms with E-state index in [1.165, 1.54) is 19.3 Å². The van der Waals surface area contributed by atoms with Crippen molar-refractivity contribution in [1.82, 2.24) is 0 Å². The van der Waals surface area contributed by atoms with E-state index in [-0.39, 0.29) is 17.0 Å². The predicted molar refractivity (Wildman–Crippen MR) is 75.6 cm³/mol. The van der Waals surface area contributed by atoms with Crippen LogP contribution >= 0.6 is 0 Å². The summed E-state index contributed by atoms with van der Waals surface area (Å²) in [6.45, 7) is 10.6. The second kappa shape index (κ2) is 3.77. The Morgan fingerprint density at radius 2 is 1.95 bits per heavy atom. The summed E-state index contributed by atoms with van der Waals surface area (Å²) in [7, 11) is 0. The van der Waals surface area contributed by atoms with Crippen molar-refractivity contribution in [1.29, 1.82) is 0 Å². The number of rotatable bonds is 4. The summed E-state index contributed by atoms with van der Waals surface area (Å²) >= 11 is 0. The first kappa shape index (κ1) is 13.5. The highest BCUT2D eigenvalue weighted by Crippen LogP contribution is 2.77. The van der Waals surface area contributed by atoms with Crippen LogP contribution in [-0.2, 0) is 9.53 Å². The third-order valence-electron chi connectivity index (χ3n) is 6.60. The predicted octanol–water partition coefficient (Wildman–Crippen LogP) is 4.18. The fraction of sp³-hybridized carbons (Fsp3) is 0.941. The second-order valence-electron chi connectivity index (χ2n) is 8.31. The molecule has 0 aromatic heterocycles. The molecule has 108 valence electrons. The number of hydrogen-bond acceptors (Lipinski definition) is 2. The fourth-order valence-electron chi connectivity index (χ4n) is 4.66. The molecule has 19 heavy (non-hydrogen) atoms. The van der Waals surface area contributed by atoms with Gasteiger partial charge < -0.3 is 4.74 Å². The standard InChI is InChI=1S/C17H28O2/c1-6-15(4,5)14(18)19-17(11(2)3)10-16-8-12(16)7-13(17)9-16/h11-13H,6-10H2,1-5H3. The van der Waals surface area contributed by atoms with Gasteiger partial charge >= 0.3 is 5.97 Å². The molecule has 4 unspecified atom stereocenters. The lowest BCUT2D eigenvalue weighted by Crippen LogP contribution is -2.47. The summed E-state index contributed by atoms with van der Waals surface area (Å²) in [5, 5.41) is 0. The number of carbonyl (C=O) groups is 1. The van der Waals surface area contributed by atoms with Gasteiger partial charge in [-0.25, -0.2) is 0 Å². The van der Waals surface area contributed by atoms with Crippen molar-refractivity contribution in [2.45, 2.75) is 72.3 Å². The van der Waals surface area contributed by atoms with Crippen molar-refractivity contribution < 1.29 is 9.53 Å². The van der Waals surface area contributed by atoms with Crippen LogP contribution < -0.4 is 0 Å². The van der Waals surface area contributed by atoms with Crippen LogP contribution in [0.3, 0.4) is 0 Å². The van der Waals surface area contributed by atoms with E-state index in [2.05, 4.69) is 20.8 Å². The van der Waals surface area contributed by atoms with Crippen LogP contribution in [0.1, 0.15) is 66.7 Å². The van der Waals surface area contributed by atoms with Crippen molar-refractivity contribution in [3.05, 3.63) is 0 Å². The first-order valence-corrected chi connectivity index (χ1v) is 7.99. The lowest BCUT2D eigenvalue weighted by molar-refractivity contribution is -0.183. The molecule has 1 spiro atoms. The van der Waals surface area contributed by atoms with Crippen molar-refractivity contribution >= 4 is 5.97 Å². The highest BCUT2D eigenvalue weighted by Gasteiger charge is 2.73. The molecule has 2 heteroatoms. The highest BCUT2D eigenvalue weighted by atomic mass is 16.6. The third kappa shape index (κ3) is 1.71. The molecule has 0 N–H and O–H groups in total. The van der Waals surface area contributed by atoms with Crippen molar-refractivity contribution in [2.75, 3.05) is 0 Å². The minimum absolute atomic E-state index is 0.0184. The highest BCUT2D eigenvalue weighted by molar-refractivity contribution is 5.76. The van der Waals surface area contributed by atoms with E-state index in [4.69, 9.17) is 4.74 Å². The van der Waals surface area contributed by atoms with Crippen LogP contribution in [0, 0.1) is 28.6 Å². The first-order chi connectivity index (χ1) is 8.76. The molecule has 2 nitrogen and oxygen atoms in total. The Morgan fingerprint density at radius 1 is 1.32 bits per heavy atom. The summed E-state index contributed by atoms with van der Waals surface area (Å²) < 4.78 is 6.20. The molecule has 0 aliphatic heterocycles. The lowest BCUT2D eigenvalue weighted by Gasteiger charge is -2.42. The molecular weight excluding hydrogens is 236 g/mol. The Morgan fingerprint density at radius 3 is 2.37 bits per heavy atom. The van der Waals surface area contributed by atoms with E-state index >= 15 is 0 Å². The maximum absolute atomic E-state index is 12.5. The Bertz CT molecular complexity index is 411. The monoisotopic (exact) mass is 264 g/mol. The molecule has 3 aliphatic rings. The number of fused-ring (bicyclic) bond motifs is 1. The van der Waals surface area contributed by atoms with Gasteiger partial charge in [0.25, 0.3) is 0 Å². The van der Waals surface area contributed by atoms with Crippen LogP contribution in [0.25, 0.3) is 0 Å². The Balaban J connectivity index is 1.82. The van der Waals surface area contributed by atoms with E-state index in [1.807, 2.05) is 13.8 Å². The van der Waals surface area contributed by atoms with E-state index in [9.17, 15) is 4.79 Å². The summed E-state index contributed by atoms with van der Waals surface area (Å²) in [5.74, 6) is 2.05. The molecule has 0 amide bonds. The lowest BCUT2D eigenvalue weighted by atomic mass is 9.75. The molecule has 4 atom stereocenters. The zero-order valence-electron chi connectivity index (χ0n) is 13.1. The zero-order valence-corrected chi connectivity index (χ0v) is 13.1. The number of carbonyl (C=O) groups excluding carboxylic acids is 1. The van der Waals surface area contributed by atoms with E-state index in [1.54, 1.807) is 0 Å². The van der Waals surface area contributed by atoms with Gasteiger partial charge in [0, 0.05) is 0 Å². The van der Waals surface area contributed by atoms with Gasteiger partial charge in [-0.05, 0) is 69.1 Å². The van der Waals surface area contributed by atoms with Gasteiger partial charge in [-0.15, -0.1) is 0 Å². The fourth-order valence-corrected chi connectivity index (χ4v) is 4.66. The second-order valence-corrected chi connectivity index (χ2v) is 8.31. The molecule has 0 heterocycles. The summed E-state index contributed by atoms with van der Waals surface area (Å²) in [4.78, 5) is 12.5. The Labute approximate surface area is 117 Å². The molecule has 0 saturated heterocycles. The summed E-state index contributed by atoms with van der Waals surface area (Å²) in [6, 6.07) is 0. The first-order valence-electron chi connectivity index (χ1n) is 7.99. The molecule has 2 bridgehead atoms. The van der Waals surface area contributed by atoms with Crippen LogP contribution in [0.15, 0.2) is 0 Å². The van der Waals surface area contributed by atoms with E-state index < -0.39 is 0 Å². The molecular formula is C17H28O2. The molecule has 3 rings (SSSR count). The van der Waals surface area contributed by atoms with Crippen molar-refractivity contribution in [3.8, 4) is 0 Å². The van der Waals surface area contributed by atoms with Gasteiger partial charge in [0.2, 0.25) is 0 Å². The van der Waals surface area contributed by atoms with Gasteiger partial charge in [-0.2, -0.15) is 0 Å². The quantitative estimate of drug-likeness (QED) is 0.712. The normalized spacial score (nSPS) is 43.5. The zero-order chi connectivity index (χ0) is 14.1. The van der Waals surface area contributed by atoms with E-state index in [0.717, 1.165) is 18.8 Å². The number of esters is 1. The third-order valence-corrected chi connectivity index (χ3v) is 6.60. The summed E-state index contributed by atoms with van der Waals surface area (Å²) in [6.07, 6.45) is 6.00. The molecule has 0 radical (unpaired) electrons. The molecule has 3 saturated carbocycles. The van der Waals surface area contributed by atoms with Gasteiger partial charge in [0.15, 0.2) is 0 Å². The largest absolute Gasteiger partial charge is 0.458 e. The minimum atomic E-state index is -0.343. The maximum Gasteiger partial charge on any atom is 0.312 e. The molecule has 0 aromatic rings. The average Bonchev–Trinajstić information content (AvgIpc) is 2.77. The smallest absolute Gasteiger partial charge is 0.312 e. The molecule has 3 fully saturated rings. The van der Waals surface area contributed by atoms with Gasteiger partial charge in [-0.3, -0.25) is 4.79 Å². The van der Waals surface area contributed by atoms with Crippen molar-refractivity contribution in [3.63, 3.8) is 0 Å². The Hall–Kier alpha value is -0.530. The number of ether oxygens (including phenoxy) is 1. The average molecular weight is 264 g/mol. The Kier molecular flexibility index (Phi) is 2.67. The van der Waals surface area contributed by atoms with Crippen LogP contribution in [0.4, 0.5) is 0 Å². The van der Waals surface area contributed by atoms with Crippen LogP contribution in [-0.4, -0.2) is 11.6 Å². The number of hydrogen-bond donors (Lipinski definition) is 0. The van der Waals surface area contributed by atoms with Crippen LogP contribution in [0.2, 0.25) is 0 Å². The maximum atomic E-state index is 12.5. The van der Waals surface area contributed by atoms with Gasteiger partial charge in [0.1, 0.15) is 5.60 Å². The van der Waals surface area contributed by atoms with Gasteiger partial charge in [-0.1, -0.05) is 20.8 Å².